The number of anilines is 1. The summed E-state index contributed by atoms with van der Waals surface area (Å²) in [6.07, 6.45) is -4.13. The third-order valence-corrected chi connectivity index (χ3v) is 5.06. The summed E-state index contributed by atoms with van der Waals surface area (Å²) in [6.45, 7) is 0. The Balaban J connectivity index is 1.70. The van der Waals surface area contributed by atoms with E-state index in [1.54, 1.807) is 54.7 Å². The van der Waals surface area contributed by atoms with Gasteiger partial charge in [-0.05, 0) is 30.3 Å². The number of carbonyl (C=O) groups is 1. The zero-order valence-electron chi connectivity index (χ0n) is 16.4. The standard InChI is InChI=1S/C24H16ClF3N2O2/c25-18-12-11-17(24(26,27)28)14-19(18)30-23(31)22(16-6-2-1-3-7-16)32-20-10-4-8-15-9-5-13-29-21(15)20/h1-14,22H,(H,30,31)/t22-/m0/s1. The average Bonchev–Trinajstić information content (AvgIpc) is 2.78. The molecule has 0 aliphatic carbocycles. The van der Waals surface area contributed by atoms with E-state index in [9.17, 15) is 18.0 Å². The van der Waals surface area contributed by atoms with E-state index in [1.165, 1.54) is 0 Å². The Kier molecular flexibility index (Phi) is 6.01. The number of halogens is 4. The van der Waals surface area contributed by atoms with Gasteiger partial charge in [-0.15, -0.1) is 0 Å². The number of aromatic nitrogens is 1. The molecule has 0 spiro atoms. The molecule has 4 aromatic rings. The molecule has 0 saturated carbocycles. The van der Waals surface area contributed by atoms with Crippen molar-refractivity contribution in [2.75, 3.05) is 5.32 Å². The maximum atomic E-state index is 13.2. The SMILES string of the molecule is O=C(Nc1cc(C(F)(F)F)ccc1Cl)[C@@H](Oc1cccc2cccnc12)c1ccccc1. The van der Waals surface area contributed by atoms with Crippen LogP contribution in [0.4, 0.5) is 18.9 Å². The highest BCUT2D eigenvalue weighted by atomic mass is 35.5. The van der Waals surface area contributed by atoms with Crippen LogP contribution in [0, 0.1) is 0 Å². The first kappa shape index (κ1) is 21.6. The number of hydrogen-bond donors (Lipinski definition) is 1. The number of nitrogens with one attached hydrogen (secondary N) is 1. The van der Waals surface area contributed by atoms with Gasteiger partial charge in [0.2, 0.25) is 6.10 Å². The second-order valence-corrected chi connectivity index (χ2v) is 7.33. The lowest BCUT2D eigenvalue weighted by Gasteiger charge is -2.20. The number of fused-ring (bicyclic) bond motifs is 1. The molecule has 0 unspecified atom stereocenters. The van der Waals surface area contributed by atoms with Gasteiger partial charge >= 0.3 is 6.18 Å². The Morgan fingerprint density at radius 1 is 0.969 bits per heavy atom. The average molecular weight is 457 g/mol. The van der Waals surface area contributed by atoms with Crippen molar-refractivity contribution in [1.29, 1.82) is 0 Å². The molecule has 1 aromatic heterocycles. The molecule has 0 saturated heterocycles. The second kappa shape index (κ2) is 8.88. The third kappa shape index (κ3) is 4.68. The minimum Gasteiger partial charge on any atom is -0.474 e. The molecule has 1 heterocycles. The summed E-state index contributed by atoms with van der Waals surface area (Å²) in [6, 6.07) is 20.3. The van der Waals surface area contributed by atoms with Gasteiger partial charge in [0.25, 0.3) is 5.91 Å². The number of hydrogen-bond acceptors (Lipinski definition) is 3. The smallest absolute Gasteiger partial charge is 0.416 e. The number of amides is 1. The molecule has 162 valence electrons. The summed E-state index contributed by atoms with van der Waals surface area (Å²) in [5.41, 5.74) is -0.0124. The van der Waals surface area contributed by atoms with Gasteiger partial charge in [0.1, 0.15) is 11.3 Å². The van der Waals surface area contributed by atoms with E-state index in [1.807, 2.05) is 12.1 Å². The highest BCUT2D eigenvalue weighted by Gasteiger charge is 2.32. The lowest BCUT2D eigenvalue weighted by atomic mass is 10.1. The molecule has 0 aliphatic rings. The van der Waals surface area contributed by atoms with Crippen LogP contribution in [0.1, 0.15) is 17.2 Å². The first-order valence-corrected chi connectivity index (χ1v) is 9.94. The van der Waals surface area contributed by atoms with Crippen molar-refractivity contribution in [3.05, 3.63) is 101 Å². The molecule has 4 rings (SSSR count). The fourth-order valence-corrected chi connectivity index (χ4v) is 3.36. The fraction of sp³-hybridized carbons (Fsp3) is 0.0833. The largest absolute Gasteiger partial charge is 0.474 e. The van der Waals surface area contributed by atoms with Crippen molar-refractivity contribution >= 4 is 34.1 Å². The maximum absolute atomic E-state index is 13.2. The lowest BCUT2D eigenvalue weighted by Crippen LogP contribution is -2.26. The Hall–Kier alpha value is -3.58. The molecule has 1 amide bonds. The minimum atomic E-state index is -4.58. The van der Waals surface area contributed by atoms with E-state index in [4.69, 9.17) is 16.3 Å². The van der Waals surface area contributed by atoms with Crippen molar-refractivity contribution in [1.82, 2.24) is 4.98 Å². The number of rotatable bonds is 5. The summed E-state index contributed by atoms with van der Waals surface area (Å²) in [5.74, 6) is -0.312. The molecule has 8 heteroatoms. The van der Waals surface area contributed by atoms with Gasteiger partial charge in [-0.1, -0.05) is 60.1 Å². The Morgan fingerprint density at radius 3 is 2.47 bits per heavy atom. The highest BCUT2D eigenvalue weighted by Crippen LogP contribution is 2.35. The van der Waals surface area contributed by atoms with Crippen LogP contribution < -0.4 is 10.1 Å². The molecule has 0 bridgehead atoms. The van der Waals surface area contributed by atoms with E-state index >= 15 is 0 Å². The van der Waals surface area contributed by atoms with E-state index in [0.717, 1.165) is 23.6 Å². The first-order chi connectivity index (χ1) is 15.3. The van der Waals surface area contributed by atoms with Crippen molar-refractivity contribution < 1.29 is 22.7 Å². The van der Waals surface area contributed by atoms with E-state index in [-0.39, 0.29) is 10.7 Å². The van der Waals surface area contributed by atoms with Crippen LogP contribution in [-0.4, -0.2) is 10.9 Å². The predicted octanol–water partition coefficient (Wildman–Crippen LogP) is 6.67. The van der Waals surface area contributed by atoms with Crippen molar-refractivity contribution in [3.63, 3.8) is 0 Å². The molecule has 4 nitrogen and oxygen atoms in total. The van der Waals surface area contributed by atoms with Crippen LogP contribution >= 0.6 is 11.6 Å². The predicted molar refractivity (Wildman–Crippen MR) is 117 cm³/mol. The zero-order chi connectivity index (χ0) is 22.7. The van der Waals surface area contributed by atoms with Crippen LogP contribution in [0.5, 0.6) is 5.75 Å². The topological polar surface area (TPSA) is 51.2 Å². The van der Waals surface area contributed by atoms with Crippen LogP contribution in [0.3, 0.4) is 0 Å². The van der Waals surface area contributed by atoms with E-state index < -0.39 is 23.8 Å². The molecule has 1 N–H and O–H groups in total. The number of carbonyl (C=O) groups excluding carboxylic acids is 1. The molecule has 0 aliphatic heterocycles. The molecular weight excluding hydrogens is 441 g/mol. The maximum Gasteiger partial charge on any atom is 0.416 e. The number of pyridine rings is 1. The Labute approximate surface area is 186 Å². The second-order valence-electron chi connectivity index (χ2n) is 6.92. The normalized spacial score (nSPS) is 12.4. The van der Waals surface area contributed by atoms with Crippen LogP contribution in [0.25, 0.3) is 10.9 Å². The number of para-hydroxylation sites is 1. The summed E-state index contributed by atoms with van der Waals surface area (Å²) >= 11 is 6.05. The Bertz CT molecular complexity index is 1260. The third-order valence-electron chi connectivity index (χ3n) is 4.73. The monoisotopic (exact) mass is 456 g/mol. The molecule has 32 heavy (non-hydrogen) atoms. The van der Waals surface area contributed by atoms with Crippen LogP contribution in [0.2, 0.25) is 5.02 Å². The van der Waals surface area contributed by atoms with Crippen LogP contribution in [0.15, 0.2) is 85.1 Å². The Morgan fingerprint density at radius 2 is 1.72 bits per heavy atom. The summed E-state index contributed by atoms with van der Waals surface area (Å²) in [7, 11) is 0. The lowest BCUT2D eigenvalue weighted by molar-refractivity contribution is -0.137. The van der Waals surface area contributed by atoms with Gasteiger partial charge in [0, 0.05) is 17.1 Å². The van der Waals surface area contributed by atoms with Gasteiger partial charge in [0.15, 0.2) is 0 Å². The number of alkyl halides is 3. The molecule has 0 fully saturated rings. The quantitative estimate of drug-likeness (QED) is 0.365. The van der Waals surface area contributed by atoms with Crippen LogP contribution in [-0.2, 0) is 11.0 Å². The molecule has 0 radical (unpaired) electrons. The summed E-state index contributed by atoms with van der Waals surface area (Å²) in [4.78, 5) is 17.5. The summed E-state index contributed by atoms with van der Waals surface area (Å²) in [5, 5.41) is 3.27. The number of nitrogens with zero attached hydrogens (tertiary/aromatic N) is 1. The van der Waals surface area contributed by atoms with Gasteiger partial charge in [-0.25, -0.2) is 0 Å². The highest BCUT2D eigenvalue weighted by molar-refractivity contribution is 6.33. The molecule has 1 atom stereocenters. The fourth-order valence-electron chi connectivity index (χ4n) is 3.19. The zero-order valence-corrected chi connectivity index (χ0v) is 17.2. The van der Waals surface area contributed by atoms with Crippen molar-refractivity contribution in [3.8, 4) is 5.75 Å². The first-order valence-electron chi connectivity index (χ1n) is 9.56. The summed E-state index contributed by atoms with van der Waals surface area (Å²) < 4.78 is 45.4. The van der Waals surface area contributed by atoms with E-state index in [2.05, 4.69) is 10.3 Å². The van der Waals surface area contributed by atoms with Crippen molar-refractivity contribution in [2.24, 2.45) is 0 Å². The number of benzene rings is 3. The van der Waals surface area contributed by atoms with Gasteiger partial charge < -0.3 is 10.1 Å². The molecule has 3 aromatic carbocycles. The molecular formula is C24H16ClF3N2O2. The van der Waals surface area contributed by atoms with E-state index in [0.29, 0.717) is 16.8 Å². The number of ether oxygens (including phenoxy) is 1. The van der Waals surface area contributed by atoms with Gasteiger partial charge in [0.05, 0.1) is 16.3 Å². The van der Waals surface area contributed by atoms with Crippen molar-refractivity contribution in [2.45, 2.75) is 12.3 Å². The van der Waals surface area contributed by atoms with Gasteiger partial charge in [-0.2, -0.15) is 13.2 Å². The van der Waals surface area contributed by atoms with Gasteiger partial charge in [-0.3, -0.25) is 9.78 Å². The minimum absolute atomic E-state index is 0.0232.